The van der Waals surface area contributed by atoms with Crippen LogP contribution in [0, 0.1) is 0 Å². The summed E-state index contributed by atoms with van der Waals surface area (Å²) in [6, 6.07) is 4.61. The third-order valence-corrected chi connectivity index (χ3v) is 4.27. The lowest BCUT2D eigenvalue weighted by atomic mass is 10.1. The lowest BCUT2D eigenvalue weighted by molar-refractivity contribution is -0.135. The summed E-state index contributed by atoms with van der Waals surface area (Å²) in [6.07, 6.45) is 4.80. The van der Waals surface area contributed by atoms with Crippen LogP contribution in [0.3, 0.4) is 0 Å². The molecule has 1 aromatic carbocycles. The lowest BCUT2D eigenvalue weighted by Crippen LogP contribution is -2.45. The van der Waals surface area contributed by atoms with Crippen LogP contribution in [0.25, 0.3) is 6.08 Å². The molecular formula is C18H20N2O5. The van der Waals surface area contributed by atoms with Crippen molar-refractivity contribution in [3.05, 3.63) is 29.8 Å². The maximum Gasteiger partial charge on any atom is 0.249 e. The molecule has 0 spiro atoms. The zero-order valence-corrected chi connectivity index (χ0v) is 14.2. The van der Waals surface area contributed by atoms with Gasteiger partial charge in [0.25, 0.3) is 0 Å². The van der Waals surface area contributed by atoms with Crippen molar-refractivity contribution in [1.82, 2.24) is 10.2 Å². The second-order valence-corrected chi connectivity index (χ2v) is 6.09. The highest BCUT2D eigenvalue weighted by Crippen LogP contribution is 2.31. The third-order valence-electron chi connectivity index (χ3n) is 4.27. The van der Waals surface area contributed by atoms with Crippen molar-refractivity contribution in [2.75, 3.05) is 14.2 Å². The Bertz CT molecular complexity index is 717. The monoisotopic (exact) mass is 344 g/mol. The zero-order chi connectivity index (χ0) is 18.0. The molecule has 1 N–H and O–H groups in total. The zero-order valence-electron chi connectivity index (χ0n) is 14.2. The molecule has 1 atom stereocenters. The first-order valence-electron chi connectivity index (χ1n) is 8.09. The van der Waals surface area contributed by atoms with Crippen LogP contribution in [0.1, 0.15) is 24.8 Å². The van der Waals surface area contributed by atoms with Gasteiger partial charge >= 0.3 is 0 Å². The number of ether oxygens (including phenoxy) is 2. The van der Waals surface area contributed by atoms with Crippen LogP contribution in [0.2, 0.25) is 0 Å². The number of hydrogen-bond donors (Lipinski definition) is 1. The molecule has 25 heavy (non-hydrogen) atoms. The summed E-state index contributed by atoms with van der Waals surface area (Å²) in [5.74, 6) is 0.216. The predicted molar refractivity (Wildman–Crippen MR) is 90.0 cm³/mol. The number of methoxy groups -OCH3 is 2. The predicted octanol–water partition coefficient (Wildman–Crippen LogP) is 1.12. The van der Waals surface area contributed by atoms with Crippen molar-refractivity contribution in [3.8, 4) is 11.5 Å². The molecule has 0 aromatic heterocycles. The first-order valence-corrected chi connectivity index (χ1v) is 8.09. The summed E-state index contributed by atoms with van der Waals surface area (Å²) >= 11 is 0. The minimum absolute atomic E-state index is 0.0265. The summed E-state index contributed by atoms with van der Waals surface area (Å²) in [7, 11) is 3.11. The molecular weight excluding hydrogens is 324 g/mol. The van der Waals surface area contributed by atoms with Gasteiger partial charge in [0, 0.05) is 18.2 Å². The summed E-state index contributed by atoms with van der Waals surface area (Å²) in [6.45, 7) is 0. The molecule has 3 rings (SSSR count). The summed E-state index contributed by atoms with van der Waals surface area (Å²) in [5.41, 5.74) is 0.743. The van der Waals surface area contributed by atoms with Crippen LogP contribution in [-0.4, -0.2) is 48.9 Å². The number of nitrogens with zero attached hydrogens (tertiary/aromatic N) is 1. The van der Waals surface area contributed by atoms with Gasteiger partial charge in [0.1, 0.15) is 17.5 Å². The van der Waals surface area contributed by atoms with Crippen LogP contribution >= 0.6 is 0 Å². The molecule has 7 heteroatoms. The molecule has 2 aliphatic rings. The van der Waals surface area contributed by atoms with Crippen LogP contribution in [0.5, 0.6) is 11.5 Å². The maximum atomic E-state index is 12.6. The second-order valence-electron chi connectivity index (χ2n) is 6.09. The van der Waals surface area contributed by atoms with E-state index in [9.17, 15) is 14.4 Å². The van der Waals surface area contributed by atoms with E-state index >= 15 is 0 Å². The van der Waals surface area contributed by atoms with Crippen molar-refractivity contribution in [3.63, 3.8) is 0 Å². The van der Waals surface area contributed by atoms with E-state index in [2.05, 4.69) is 5.32 Å². The molecule has 1 saturated carbocycles. The van der Waals surface area contributed by atoms with Crippen molar-refractivity contribution in [1.29, 1.82) is 0 Å². The number of hydrogen-bond acceptors (Lipinski definition) is 5. The smallest absolute Gasteiger partial charge is 0.249 e. The number of nitrogens with one attached hydrogen (secondary N) is 1. The van der Waals surface area contributed by atoms with Gasteiger partial charge in [0.2, 0.25) is 17.7 Å². The van der Waals surface area contributed by atoms with E-state index in [-0.39, 0.29) is 24.3 Å². The normalized spacial score (nSPS) is 19.8. The minimum atomic E-state index is -0.711. The molecule has 7 nitrogen and oxygen atoms in total. The van der Waals surface area contributed by atoms with Gasteiger partial charge in [0.15, 0.2) is 0 Å². The molecule has 1 aliphatic heterocycles. The molecule has 3 amide bonds. The number of benzene rings is 1. The highest BCUT2D eigenvalue weighted by atomic mass is 16.5. The van der Waals surface area contributed by atoms with E-state index in [1.165, 1.54) is 11.0 Å². The maximum absolute atomic E-state index is 12.6. The van der Waals surface area contributed by atoms with Crippen LogP contribution in [0.15, 0.2) is 24.3 Å². The quantitative estimate of drug-likeness (QED) is 0.617. The first-order chi connectivity index (χ1) is 12.0. The highest BCUT2D eigenvalue weighted by molar-refractivity contribution is 6.08. The molecule has 1 unspecified atom stereocenters. The average molecular weight is 344 g/mol. The van der Waals surface area contributed by atoms with E-state index in [1.807, 2.05) is 0 Å². The Kier molecular flexibility index (Phi) is 4.74. The highest BCUT2D eigenvalue weighted by Gasteiger charge is 2.43. The number of imide groups is 1. The Morgan fingerprint density at radius 1 is 1.16 bits per heavy atom. The lowest BCUT2D eigenvalue weighted by Gasteiger charge is -2.25. The molecule has 0 radical (unpaired) electrons. The van der Waals surface area contributed by atoms with Gasteiger partial charge in [-0.1, -0.05) is 0 Å². The fourth-order valence-corrected chi connectivity index (χ4v) is 2.88. The van der Waals surface area contributed by atoms with Gasteiger partial charge in [-0.25, -0.2) is 0 Å². The fourth-order valence-electron chi connectivity index (χ4n) is 2.88. The van der Waals surface area contributed by atoms with E-state index in [0.29, 0.717) is 11.5 Å². The molecule has 1 aromatic rings. The molecule has 1 heterocycles. The second kappa shape index (κ2) is 6.96. The summed E-state index contributed by atoms with van der Waals surface area (Å²) in [4.78, 5) is 37.5. The Balaban J connectivity index is 1.79. The van der Waals surface area contributed by atoms with Crippen molar-refractivity contribution < 1.29 is 23.9 Å². The number of carbonyl (C=O) groups is 3. The topological polar surface area (TPSA) is 84.9 Å². The van der Waals surface area contributed by atoms with Crippen molar-refractivity contribution in [2.24, 2.45) is 0 Å². The molecule has 1 saturated heterocycles. The Morgan fingerprint density at radius 3 is 2.28 bits per heavy atom. The number of rotatable bonds is 6. The van der Waals surface area contributed by atoms with Gasteiger partial charge in [-0.2, -0.15) is 0 Å². The van der Waals surface area contributed by atoms with Crippen LogP contribution < -0.4 is 14.8 Å². The van der Waals surface area contributed by atoms with Gasteiger partial charge in [-0.3, -0.25) is 19.7 Å². The van der Waals surface area contributed by atoms with Crippen molar-refractivity contribution >= 4 is 23.8 Å². The SMILES string of the molecule is COc1cc(/C=C/C(=O)N(C2CC2)C2CC(=O)NC2=O)cc(OC)c1. The summed E-state index contributed by atoms with van der Waals surface area (Å²) < 4.78 is 10.4. The van der Waals surface area contributed by atoms with Crippen LogP contribution in [-0.2, 0) is 14.4 Å². The summed E-state index contributed by atoms with van der Waals surface area (Å²) in [5, 5.41) is 2.26. The molecule has 132 valence electrons. The number of amides is 3. The first kappa shape index (κ1) is 17.0. The standard InChI is InChI=1S/C18H20N2O5/c1-24-13-7-11(8-14(9-13)25-2)3-6-17(22)20(12-4-5-12)15-10-16(21)19-18(15)23/h3,6-9,12,15H,4-5,10H2,1-2H3,(H,19,21,23)/b6-3+. The number of carbonyl (C=O) groups excluding carboxylic acids is 3. The van der Waals surface area contributed by atoms with Gasteiger partial charge < -0.3 is 14.4 Å². The Hall–Kier alpha value is -2.83. The molecule has 0 bridgehead atoms. The Morgan fingerprint density at radius 2 is 1.80 bits per heavy atom. The fraction of sp³-hybridized carbons (Fsp3) is 0.389. The minimum Gasteiger partial charge on any atom is -0.497 e. The average Bonchev–Trinajstić information content (AvgIpc) is 3.38. The van der Waals surface area contributed by atoms with Gasteiger partial charge in [-0.15, -0.1) is 0 Å². The van der Waals surface area contributed by atoms with Crippen LogP contribution in [0.4, 0.5) is 0 Å². The van der Waals surface area contributed by atoms with E-state index < -0.39 is 11.9 Å². The molecule has 1 aliphatic carbocycles. The van der Waals surface area contributed by atoms with E-state index in [0.717, 1.165) is 18.4 Å². The van der Waals surface area contributed by atoms with E-state index in [1.54, 1.807) is 38.5 Å². The van der Waals surface area contributed by atoms with Crippen molar-refractivity contribution in [2.45, 2.75) is 31.3 Å². The van der Waals surface area contributed by atoms with E-state index in [4.69, 9.17) is 9.47 Å². The molecule has 2 fully saturated rings. The third kappa shape index (κ3) is 3.81. The van der Waals surface area contributed by atoms with Gasteiger partial charge in [-0.05, 0) is 36.6 Å². The Labute approximate surface area is 145 Å². The largest absolute Gasteiger partial charge is 0.497 e. The van der Waals surface area contributed by atoms with Gasteiger partial charge in [0.05, 0.1) is 20.6 Å².